The fraction of sp³-hybridized carbons (Fsp3) is 0.222. The summed E-state index contributed by atoms with van der Waals surface area (Å²) in [7, 11) is 0. The number of aliphatic carboxylic acids is 1. The number of hydrogen-bond acceptors (Lipinski definition) is 5. The molecule has 7 nitrogen and oxygen atoms in total. The summed E-state index contributed by atoms with van der Waals surface area (Å²) in [5, 5.41) is 31.7. The van der Waals surface area contributed by atoms with E-state index in [1.165, 1.54) is 0 Å². The van der Waals surface area contributed by atoms with Crippen LogP contribution in [-0.4, -0.2) is 39.3 Å². The van der Waals surface area contributed by atoms with Crippen molar-refractivity contribution in [1.29, 1.82) is 0 Å². The molecular formula is C18H16I4N2O5. The van der Waals surface area contributed by atoms with E-state index in [0.717, 1.165) is 5.56 Å². The first-order valence-corrected chi connectivity index (χ1v) is 12.4. The van der Waals surface area contributed by atoms with Gasteiger partial charge in [0, 0.05) is 6.42 Å². The summed E-state index contributed by atoms with van der Waals surface area (Å²) in [5.74, 6) is -1.42. The van der Waals surface area contributed by atoms with Crippen LogP contribution >= 0.6 is 90.4 Å². The maximum absolute atomic E-state index is 12.5. The van der Waals surface area contributed by atoms with Gasteiger partial charge in [-0.2, -0.15) is 0 Å². The quantitative estimate of drug-likeness (QED) is 0.273. The summed E-state index contributed by atoms with van der Waals surface area (Å²) in [6.45, 7) is 0. The number of nitrogens with two attached hydrogens (primary N) is 1. The third kappa shape index (κ3) is 6.93. The number of carbonyl (C=O) groups is 2. The number of amides is 1. The molecule has 0 saturated heterocycles. The van der Waals surface area contributed by atoms with E-state index in [1.54, 1.807) is 24.3 Å². The fourth-order valence-corrected chi connectivity index (χ4v) is 6.33. The number of hydrogen-bond donors (Lipinski definition) is 5. The van der Waals surface area contributed by atoms with Crippen molar-refractivity contribution < 1.29 is 24.9 Å². The van der Waals surface area contributed by atoms with E-state index in [-0.39, 0.29) is 24.3 Å². The van der Waals surface area contributed by atoms with Gasteiger partial charge in [-0.05, 0) is 132 Å². The van der Waals surface area contributed by atoms with Crippen molar-refractivity contribution in [3.63, 3.8) is 0 Å². The molecule has 0 aliphatic heterocycles. The topological polar surface area (TPSA) is 133 Å². The molecule has 1 amide bonds. The van der Waals surface area contributed by atoms with Crippen LogP contribution in [0.4, 0.5) is 0 Å². The van der Waals surface area contributed by atoms with Gasteiger partial charge >= 0.3 is 5.97 Å². The van der Waals surface area contributed by atoms with Crippen LogP contribution < -0.4 is 11.1 Å². The Hall–Kier alpha value is -0.140. The van der Waals surface area contributed by atoms with Gasteiger partial charge in [0.05, 0.1) is 20.3 Å². The maximum Gasteiger partial charge on any atom is 0.326 e. The molecule has 0 spiro atoms. The van der Waals surface area contributed by atoms with Gasteiger partial charge in [0.1, 0.15) is 17.5 Å². The predicted octanol–water partition coefficient (Wildman–Crippen LogP) is 3.20. The van der Waals surface area contributed by atoms with Crippen LogP contribution in [0.1, 0.15) is 11.1 Å². The van der Waals surface area contributed by atoms with Gasteiger partial charge in [0.2, 0.25) is 5.91 Å². The Morgan fingerprint density at radius 2 is 1.24 bits per heavy atom. The van der Waals surface area contributed by atoms with Crippen molar-refractivity contribution in [2.75, 3.05) is 0 Å². The van der Waals surface area contributed by atoms with Crippen LogP contribution in [0.5, 0.6) is 11.5 Å². The van der Waals surface area contributed by atoms with Crippen molar-refractivity contribution in [2.45, 2.75) is 24.9 Å². The first-order valence-electron chi connectivity index (χ1n) is 8.12. The lowest BCUT2D eigenvalue weighted by Gasteiger charge is -2.19. The fourth-order valence-electron chi connectivity index (χ4n) is 2.53. The predicted molar refractivity (Wildman–Crippen MR) is 142 cm³/mol. The Kier molecular flexibility index (Phi) is 9.48. The number of phenolic OH excluding ortho intramolecular Hbond substituents is 2. The average Bonchev–Trinajstić information content (AvgIpc) is 2.63. The van der Waals surface area contributed by atoms with E-state index >= 15 is 0 Å². The molecule has 0 fully saturated rings. The van der Waals surface area contributed by atoms with Gasteiger partial charge in [0.25, 0.3) is 0 Å². The summed E-state index contributed by atoms with van der Waals surface area (Å²) in [4.78, 5) is 24.1. The summed E-state index contributed by atoms with van der Waals surface area (Å²) in [5.41, 5.74) is 7.44. The standard InChI is InChI=1S/C18H16I4N2O5/c19-9-1-7(2-10(20)15(9)25)5-13(23)17(27)24-14(18(28)29)6-8-3-11(21)16(26)12(22)4-8/h1-4,13-14,25-26H,5-6,23H2,(H,24,27)(H,28,29). The minimum atomic E-state index is -1.17. The molecule has 0 heterocycles. The van der Waals surface area contributed by atoms with E-state index < -0.39 is 24.0 Å². The number of carbonyl (C=O) groups excluding carboxylic acids is 1. The second kappa shape index (κ2) is 10.9. The summed E-state index contributed by atoms with van der Waals surface area (Å²) >= 11 is 7.92. The number of rotatable bonds is 7. The molecule has 156 valence electrons. The lowest BCUT2D eigenvalue weighted by atomic mass is 10.0. The Morgan fingerprint density at radius 1 is 0.862 bits per heavy atom. The highest BCUT2D eigenvalue weighted by Gasteiger charge is 2.25. The molecule has 2 aromatic rings. The summed E-state index contributed by atoms with van der Waals surface area (Å²) in [6.07, 6.45) is 0.272. The molecule has 2 atom stereocenters. The normalized spacial score (nSPS) is 13.0. The Labute approximate surface area is 221 Å². The molecule has 2 unspecified atom stereocenters. The lowest BCUT2D eigenvalue weighted by molar-refractivity contribution is -0.141. The van der Waals surface area contributed by atoms with E-state index in [2.05, 4.69) is 5.32 Å². The average molecular weight is 848 g/mol. The van der Waals surface area contributed by atoms with Crippen LogP contribution in [0.2, 0.25) is 0 Å². The first kappa shape index (κ1) is 25.1. The molecule has 0 saturated carbocycles. The molecule has 0 aliphatic rings. The van der Waals surface area contributed by atoms with Gasteiger partial charge < -0.3 is 26.4 Å². The molecule has 29 heavy (non-hydrogen) atoms. The van der Waals surface area contributed by atoms with Crippen LogP contribution in [0, 0.1) is 14.3 Å². The van der Waals surface area contributed by atoms with E-state index in [1.807, 2.05) is 90.4 Å². The number of carboxylic acid groups (broad SMARTS) is 1. The molecule has 11 heteroatoms. The number of carboxylic acids is 1. The van der Waals surface area contributed by atoms with Crippen molar-refractivity contribution in [2.24, 2.45) is 5.73 Å². The van der Waals surface area contributed by atoms with Gasteiger partial charge in [-0.25, -0.2) is 4.79 Å². The molecule has 2 aromatic carbocycles. The Bertz CT molecular complexity index is 908. The summed E-state index contributed by atoms with van der Waals surface area (Å²) < 4.78 is 2.51. The Balaban J connectivity index is 2.10. The smallest absolute Gasteiger partial charge is 0.326 e. The summed E-state index contributed by atoms with van der Waals surface area (Å²) in [6, 6.07) is 4.75. The molecule has 0 radical (unpaired) electrons. The third-order valence-corrected chi connectivity index (χ3v) is 7.29. The van der Waals surface area contributed by atoms with Crippen molar-refractivity contribution >= 4 is 102 Å². The number of halogens is 4. The van der Waals surface area contributed by atoms with E-state index in [9.17, 15) is 24.9 Å². The highest BCUT2D eigenvalue weighted by Crippen LogP contribution is 2.29. The minimum absolute atomic E-state index is 0.0646. The zero-order valence-corrected chi connectivity index (χ0v) is 23.3. The SMILES string of the molecule is NC(Cc1cc(I)c(O)c(I)c1)C(=O)NC(Cc1cc(I)c(O)c(I)c1)C(=O)O. The highest BCUT2D eigenvalue weighted by atomic mass is 127. The van der Waals surface area contributed by atoms with E-state index in [4.69, 9.17) is 5.73 Å². The van der Waals surface area contributed by atoms with Gasteiger partial charge in [-0.1, -0.05) is 0 Å². The lowest BCUT2D eigenvalue weighted by Crippen LogP contribution is -2.50. The number of phenols is 2. The maximum atomic E-state index is 12.5. The molecule has 0 aromatic heterocycles. The van der Waals surface area contributed by atoms with Crippen LogP contribution in [0.25, 0.3) is 0 Å². The van der Waals surface area contributed by atoms with Crippen molar-refractivity contribution in [3.8, 4) is 11.5 Å². The molecular weight excluding hydrogens is 832 g/mol. The third-order valence-electron chi connectivity index (χ3n) is 4.00. The van der Waals surface area contributed by atoms with Gasteiger partial charge in [0.15, 0.2) is 0 Å². The van der Waals surface area contributed by atoms with Gasteiger partial charge in [-0.15, -0.1) is 0 Å². The van der Waals surface area contributed by atoms with Crippen molar-refractivity contribution in [3.05, 3.63) is 49.7 Å². The molecule has 0 bridgehead atoms. The number of benzene rings is 2. The van der Waals surface area contributed by atoms with E-state index in [0.29, 0.717) is 19.8 Å². The molecule has 0 aliphatic carbocycles. The van der Waals surface area contributed by atoms with Crippen LogP contribution in [-0.2, 0) is 22.4 Å². The van der Waals surface area contributed by atoms with Crippen LogP contribution in [0.3, 0.4) is 0 Å². The van der Waals surface area contributed by atoms with Gasteiger partial charge in [-0.3, -0.25) is 4.79 Å². The Morgan fingerprint density at radius 3 is 1.62 bits per heavy atom. The molecule has 6 N–H and O–H groups in total. The highest BCUT2D eigenvalue weighted by molar-refractivity contribution is 14.1. The minimum Gasteiger partial charge on any atom is -0.506 e. The number of aromatic hydroxyl groups is 2. The second-order valence-corrected chi connectivity index (χ2v) is 10.9. The van der Waals surface area contributed by atoms with Crippen LogP contribution in [0.15, 0.2) is 24.3 Å². The second-order valence-electron chi connectivity index (χ2n) is 6.23. The zero-order chi connectivity index (χ0) is 21.9. The number of nitrogens with one attached hydrogen (secondary N) is 1. The zero-order valence-electron chi connectivity index (χ0n) is 14.6. The first-order chi connectivity index (χ1) is 13.5. The van der Waals surface area contributed by atoms with Crippen molar-refractivity contribution in [1.82, 2.24) is 5.32 Å². The monoisotopic (exact) mass is 848 g/mol. The largest absolute Gasteiger partial charge is 0.506 e. The molecule has 2 rings (SSSR count).